The first-order chi connectivity index (χ1) is 9.60. The largest absolute Gasteiger partial charge is 0.497 e. The molecule has 0 fully saturated rings. The van der Waals surface area contributed by atoms with Gasteiger partial charge in [0.15, 0.2) is 0 Å². The van der Waals surface area contributed by atoms with Crippen LogP contribution in [-0.4, -0.2) is 18.2 Å². The summed E-state index contributed by atoms with van der Waals surface area (Å²) in [5.74, 6) is -1.21. The average molecular weight is 274 g/mol. The Bertz CT molecular complexity index is 576. The molecule has 20 heavy (non-hydrogen) atoms. The van der Waals surface area contributed by atoms with Crippen LogP contribution in [0.2, 0.25) is 0 Å². The maximum atomic E-state index is 12.9. The van der Waals surface area contributed by atoms with Crippen LogP contribution in [0.4, 0.5) is 4.39 Å². The number of benzene rings is 2. The van der Waals surface area contributed by atoms with Crippen LogP contribution < -0.4 is 4.74 Å². The number of ether oxygens (including phenoxy) is 1. The van der Waals surface area contributed by atoms with Crippen LogP contribution in [0.1, 0.15) is 17.0 Å². The minimum atomic E-state index is -0.903. The number of carboxylic acid groups (broad SMARTS) is 1. The summed E-state index contributed by atoms with van der Waals surface area (Å²) in [6.07, 6.45) is 0.321. The molecule has 2 aromatic carbocycles. The van der Waals surface area contributed by atoms with Crippen LogP contribution in [0.25, 0.3) is 0 Å². The van der Waals surface area contributed by atoms with Crippen molar-refractivity contribution in [2.24, 2.45) is 0 Å². The van der Waals surface area contributed by atoms with Gasteiger partial charge in [0, 0.05) is 0 Å². The summed E-state index contributed by atoms with van der Waals surface area (Å²) < 4.78 is 17.9. The third kappa shape index (κ3) is 3.35. The molecule has 0 saturated carbocycles. The van der Waals surface area contributed by atoms with Gasteiger partial charge in [0.25, 0.3) is 0 Å². The molecule has 1 atom stereocenters. The van der Waals surface area contributed by atoms with Gasteiger partial charge in [0.1, 0.15) is 11.6 Å². The van der Waals surface area contributed by atoms with Crippen LogP contribution in [0.3, 0.4) is 0 Å². The fraction of sp³-hybridized carbons (Fsp3) is 0.188. The number of carbonyl (C=O) groups is 1. The molecule has 0 aromatic heterocycles. The zero-order valence-electron chi connectivity index (χ0n) is 11.0. The molecule has 3 nitrogen and oxygen atoms in total. The maximum Gasteiger partial charge on any atom is 0.311 e. The molecule has 1 unspecified atom stereocenters. The van der Waals surface area contributed by atoms with Crippen molar-refractivity contribution < 1.29 is 19.0 Å². The summed E-state index contributed by atoms with van der Waals surface area (Å²) in [5, 5.41) is 9.36. The molecule has 0 aliphatic carbocycles. The van der Waals surface area contributed by atoms with Gasteiger partial charge in [0.05, 0.1) is 13.0 Å². The molecule has 0 aliphatic heterocycles. The first-order valence-corrected chi connectivity index (χ1v) is 6.21. The fourth-order valence-corrected chi connectivity index (χ4v) is 2.04. The third-order valence-corrected chi connectivity index (χ3v) is 3.17. The van der Waals surface area contributed by atoms with Crippen LogP contribution in [0.15, 0.2) is 48.5 Å². The third-order valence-electron chi connectivity index (χ3n) is 3.17. The van der Waals surface area contributed by atoms with Crippen molar-refractivity contribution in [3.63, 3.8) is 0 Å². The van der Waals surface area contributed by atoms with Gasteiger partial charge < -0.3 is 9.84 Å². The van der Waals surface area contributed by atoms with E-state index in [1.807, 2.05) is 0 Å². The lowest BCUT2D eigenvalue weighted by molar-refractivity contribution is -0.138. The van der Waals surface area contributed by atoms with E-state index in [9.17, 15) is 14.3 Å². The fourth-order valence-electron chi connectivity index (χ4n) is 2.04. The summed E-state index contributed by atoms with van der Waals surface area (Å²) in [6, 6.07) is 12.8. The van der Waals surface area contributed by atoms with Crippen molar-refractivity contribution >= 4 is 5.97 Å². The van der Waals surface area contributed by atoms with E-state index in [1.54, 1.807) is 43.5 Å². The van der Waals surface area contributed by atoms with Gasteiger partial charge in [-0.2, -0.15) is 0 Å². The Labute approximate surface area is 116 Å². The van der Waals surface area contributed by atoms with E-state index < -0.39 is 11.9 Å². The topological polar surface area (TPSA) is 46.5 Å². The summed E-state index contributed by atoms with van der Waals surface area (Å²) in [5.41, 5.74) is 1.48. The Balaban J connectivity index is 2.22. The summed E-state index contributed by atoms with van der Waals surface area (Å²) >= 11 is 0. The first-order valence-electron chi connectivity index (χ1n) is 6.21. The molecule has 2 rings (SSSR count). The van der Waals surface area contributed by atoms with Gasteiger partial charge in [-0.15, -0.1) is 0 Å². The quantitative estimate of drug-likeness (QED) is 0.910. The highest BCUT2D eigenvalue weighted by atomic mass is 19.1. The normalized spacial score (nSPS) is 11.9. The highest BCUT2D eigenvalue weighted by Gasteiger charge is 2.20. The molecule has 104 valence electrons. The van der Waals surface area contributed by atoms with E-state index in [2.05, 4.69) is 0 Å². The summed E-state index contributed by atoms with van der Waals surface area (Å²) in [7, 11) is 1.56. The molecule has 0 bridgehead atoms. The van der Waals surface area contributed by atoms with Crippen LogP contribution in [0, 0.1) is 5.82 Å². The van der Waals surface area contributed by atoms with Crippen molar-refractivity contribution in [3.05, 3.63) is 65.5 Å². The van der Waals surface area contributed by atoms with Gasteiger partial charge in [-0.05, 0) is 41.8 Å². The number of hydrogen-bond acceptors (Lipinski definition) is 2. The van der Waals surface area contributed by atoms with Crippen molar-refractivity contribution in [2.75, 3.05) is 7.11 Å². The highest BCUT2D eigenvalue weighted by molar-refractivity contribution is 5.76. The predicted molar refractivity (Wildman–Crippen MR) is 73.5 cm³/mol. The van der Waals surface area contributed by atoms with E-state index in [-0.39, 0.29) is 5.82 Å². The lowest BCUT2D eigenvalue weighted by Crippen LogP contribution is -2.14. The lowest BCUT2D eigenvalue weighted by atomic mass is 9.92. The minimum absolute atomic E-state index is 0.321. The van der Waals surface area contributed by atoms with E-state index in [0.717, 1.165) is 5.56 Å². The number of halogens is 1. The minimum Gasteiger partial charge on any atom is -0.497 e. The molecule has 4 heteroatoms. The highest BCUT2D eigenvalue weighted by Crippen LogP contribution is 2.23. The molecule has 0 spiro atoms. The summed E-state index contributed by atoms with van der Waals surface area (Å²) in [4.78, 5) is 11.4. The molecular formula is C16H15FO3. The molecule has 2 aromatic rings. The molecule has 0 radical (unpaired) electrons. The van der Waals surface area contributed by atoms with Crippen molar-refractivity contribution in [1.29, 1.82) is 0 Å². The van der Waals surface area contributed by atoms with Crippen molar-refractivity contribution in [1.82, 2.24) is 0 Å². The standard InChI is InChI=1S/C16H15FO3/c1-20-14-8-4-12(5-9-14)15(16(18)19)10-11-2-6-13(17)7-3-11/h2-9,15H,10H2,1H3,(H,18,19). The Morgan fingerprint density at radius 3 is 2.25 bits per heavy atom. The number of rotatable bonds is 5. The second-order valence-corrected chi connectivity index (χ2v) is 4.49. The molecular weight excluding hydrogens is 259 g/mol. The molecule has 1 N–H and O–H groups in total. The Kier molecular flexibility index (Phi) is 4.35. The Morgan fingerprint density at radius 1 is 1.15 bits per heavy atom. The van der Waals surface area contributed by atoms with Crippen molar-refractivity contribution in [2.45, 2.75) is 12.3 Å². The molecule has 0 heterocycles. The van der Waals surface area contributed by atoms with Gasteiger partial charge in [-0.1, -0.05) is 24.3 Å². The number of carboxylic acids is 1. The zero-order valence-corrected chi connectivity index (χ0v) is 11.0. The van der Waals surface area contributed by atoms with Gasteiger partial charge in [0.2, 0.25) is 0 Å². The monoisotopic (exact) mass is 274 g/mol. The van der Waals surface area contributed by atoms with Crippen LogP contribution in [-0.2, 0) is 11.2 Å². The van der Waals surface area contributed by atoms with Gasteiger partial charge in [-0.3, -0.25) is 4.79 Å². The van der Waals surface area contributed by atoms with E-state index >= 15 is 0 Å². The first kappa shape index (κ1) is 14.1. The van der Waals surface area contributed by atoms with Gasteiger partial charge >= 0.3 is 5.97 Å². The van der Waals surface area contributed by atoms with Crippen LogP contribution >= 0.6 is 0 Å². The maximum absolute atomic E-state index is 12.9. The second kappa shape index (κ2) is 6.19. The van der Waals surface area contributed by atoms with Crippen molar-refractivity contribution in [3.8, 4) is 5.75 Å². The lowest BCUT2D eigenvalue weighted by Gasteiger charge is -2.13. The number of methoxy groups -OCH3 is 1. The molecule has 0 amide bonds. The molecule has 0 aliphatic rings. The SMILES string of the molecule is COc1ccc(C(Cc2ccc(F)cc2)C(=O)O)cc1. The number of hydrogen-bond donors (Lipinski definition) is 1. The van der Waals surface area contributed by atoms with E-state index in [1.165, 1.54) is 12.1 Å². The zero-order chi connectivity index (χ0) is 14.5. The smallest absolute Gasteiger partial charge is 0.311 e. The van der Waals surface area contributed by atoms with Crippen LogP contribution in [0.5, 0.6) is 5.75 Å². The summed E-state index contributed by atoms with van der Waals surface area (Å²) in [6.45, 7) is 0. The Hall–Kier alpha value is -2.36. The molecule has 0 saturated heterocycles. The predicted octanol–water partition coefficient (Wildman–Crippen LogP) is 3.25. The second-order valence-electron chi connectivity index (χ2n) is 4.49. The number of aliphatic carboxylic acids is 1. The average Bonchev–Trinajstić information content (AvgIpc) is 2.46. The van der Waals surface area contributed by atoms with E-state index in [4.69, 9.17) is 4.74 Å². The van der Waals surface area contributed by atoms with E-state index in [0.29, 0.717) is 17.7 Å². The van der Waals surface area contributed by atoms with Gasteiger partial charge in [-0.25, -0.2) is 4.39 Å². The Morgan fingerprint density at radius 2 is 1.75 bits per heavy atom.